The maximum absolute atomic E-state index is 9.15. The molecule has 1 aliphatic heterocycles. The minimum Gasteiger partial charge on any atom is -0.394 e. The van der Waals surface area contributed by atoms with Gasteiger partial charge in [0.05, 0.1) is 18.8 Å². The first-order chi connectivity index (χ1) is 12.2. The van der Waals surface area contributed by atoms with Gasteiger partial charge < -0.3 is 10.4 Å². The highest BCUT2D eigenvalue weighted by molar-refractivity contribution is 5.24. The number of benzene rings is 1. The van der Waals surface area contributed by atoms with Crippen molar-refractivity contribution in [1.82, 2.24) is 20.0 Å². The van der Waals surface area contributed by atoms with E-state index in [4.69, 9.17) is 5.11 Å². The molecule has 0 aliphatic carbocycles. The van der Waals surface area contributed by atoms with Crippen LogP contribution in [-0.4, -0.2) is 45.5 Å². The SMILES string of the molecule is Cc1nn(CCO)c(C)c1CNC1CCCN(Cc2ccccc2)C1. The topological polar surface area (TPSA) is 53.3 Å². The Bertz CT molecular complexity index is 668. The molecule has 5 heteroatoms. The lowest BCUT2D eigenvalue weighted by molar-refractivity contribution is 0.182. The third-order valence-electron chi connectivity index (χ3n) is 5.17. The molecule has 2 heterocycles. The molecule has 1 fully saturated rings. The average Bonchev–Trinajstić information content (AvgIpc) is 2.88. The van der Waals surface area contributed by atoms with Crippen LogP contribution in [-0.2, 0) is 19.6 Å². The Balaban J connectivity index is 1.55. The van der Waals surface area contributed by atoms with Gasteiger partial charge in [-0.2, -0.15) is 5.10 Å². The lowest BCUT2D eigenvalue weighted by atomic mass is 10.0. The highest BCUT2D eigenvalue weighted by Gasteiger charge is 2.20. The zero-order chi connectivity index (χ0) is 17.6. The maximum Gasteiger partial charge on any atom is 0.0644 e. The summed E-state index contributed by atoms with van der Waals surface area (Å²) in [6, 6.07) is 11.2. The Morgan fingerprint density at radius 2 is 2.04 bits per heavy atom. The second kappa shape index (κ2) is 8.61. The fraction of sp³-hybridized carbons (Fsp3) is 0.550. The molecule has 1 aromatic carbocycles. The van der Waals surface area contributed by atoms with Crippen molar-refractivity contribution in [2.75, 3.05) is 19.7 Å². The number of aliphatic hydroxyl groups is 1. The van der Waals surface area contributed by atoms with Crippen molar-refractivity contribution in [3.63, 3.8) is 0 Å². The zero-order valence-electron chi connectivity index (χ0n) is 15.4. The van der Waals surface area contributed by atoms with E-state index in [-0.39, 0.29) is 6.61 Å². The van der Waals surface area contributed by atoms with E-state index in [0.29, 0.717) is 12.6 Å². The number of aryl methyl sites for hydroxylation is 1. The quantitative estimate of drug-likeness (QED) is 0.810. The molecular weight excluding hydrogens is 312 g/mol. The Kier molecular flexibility index (Phi) is 6.24. The van der Waals surface area contributed by atoms with Crippen LogP contribution in [0.25, 0.3) is 0 Å². The van der Waals surface area contributed by atoms with E-state index in [0.717, 1.165) is 31.0 Å². The van der Waals surface area contributed by atoms with E-state index in [2.05, 4.69) is 59.5 Å². The van der Waals surface area contributed by atoms with Crippen molar-refractivity contribution in [3.05, 3.63) is 52.8 Å². The number of nitrogens with zero attached hydrogens (tertiary/aromatic N) is 3. The van der Waals surface area contributed by atoms with Crippen LogP contribution in [0.1, 0.15) is 35.4 Å². The second-order valence-corrected chi connectivity index (χ2v) is 7.04. The first kappa shape index (κ1) is 18.1. The van der Waals surface area contributed by atoms with Gasteiger partial charge in [0.25, 0.3) is 0 Å². The Morgan fingerprint density at radius 3 is 2.80 bits per heavy atom. The molecule has 1 aliphatic rings. The molecule has 3 rings (SSSR count). The number of nitrogens with one attached hydrogen (secondary N) is 1. The summed E-state index contributed by atoms with van der Waals surface area (Å²) in [5.74, 6) is 0. The molecule has 0 saturated carbocycles. The number of hydrogen-bond acceptors (Lipinski definition) is 4. The summed E-state index contributed by atoms with van der Waals surface area (Å²) in [4.78, 5) is 2.55. The van der Waals surface area contributed by atoms with E-state index in [1.165, 1.54) is 30.5 Å². The predicted molar refractivity (Wildman–Crippen MR) is 100 cm³/mol. The van der Waals surface area contributed by atoms with Gasteiger partial charge in [0.15, 0.2) is 0 Å². The minimum absolute atomic E-state index is 0.131. The van der Waals surface area contributed by atoms with Crippen molar-refractivity contribution in [3.8, 4) is 0 Å². The molecule has 1 unspecified atom stereocenters. The number of hydrogen-bond donors (Lipinski definition) is 2. The summed E-state index contributed by atoms with van der Waals surface area (Å²) in [7, 11) is 0. The van der Waals surface area contributed by atoms with Crippen LogP contribution in [0.3, 0.4) is 0 Å². The fourth-order valence-electron chi connectivity index (χ4n) is 3.76. The highest BCUT2D eigenvalue weighted by atomic mass is 16.3. The first-order valence-electron chi connectivity index (χ1n) is 9.30. The summed E-state index contributed by atoms with van der Waals surface area (Å²) < 4.78 is 1.91. The van der Waals surface area contributed by atoms with Crippen LogP contribution >= 0.6 is 0 Å². The van der Waals surface area contributed by atoms with E-state index >= 15 is 0 Å². The maximum atomic E-state index is 9.15. The Hall–Kier alpha value is -1.69. The third kappa shape index (κ3) is 4.69. The van der Waals surface area contributed by atoms with Crippen molar-refractivity contribution >= 4 is 0 Å². The second-order valence-electron chi connectivity index (χ2n) is 7.04. The molecule has 1 saturated heterocycles. The molecule has 1 atom stereocenters. The van der Waals surface area contributed by atoms with Gasteiger partial charge in [-0.1, -0.05) is 30.3 Å². The molecule has 2 N–H and O–H groups in total. The minimum atomic E-state index is 0.131. The summed E-state index contributed by atoms with van der Waals surface area (Å²) in [5, 5.41) is 17.4. The van der Waals surface area contributed by atoms with Gasteiger partial charge >= 0.3 is 0 Å². The summed E-state index contributed by atoms with van der Waals surface area (Å²) in [5.41, 5.74) is 4.89. The lowest BCUT2D eigenvalue weighted by Gasteiger charge is -2.33. The van der Waals surface area contributed by atoms with Gasteiger partial charge in [0.1, 0.15) is 0 Å². The molecule has 2 aromatic rings. The number of aliphatic hydroxyl groups excluding tert-OH is 1. The molecule has 5 nitrogen and oxygen atoms in total. The normalized spacial score (nSPS) is 18.6. The van der Waals surface area contributed by atoms with Crippen LogP contribution in [0.15, 0.2) is 30.3 Å². The number of likely N-dealkylation sites (tertiary alicyclic amines) is 1. The van der Waals surface area contributed by atoms with E-state index in [1.54, 1.807) is 0 Å². The van der Waals surface area contributed by atoms with Crippen molar-refractivity contribution in [2.24, 2.45) is 0 Å². The van der Waals surface area contributed by atoms with Gasteiger partial charge in [0, 0.05) is 36.9 Å². The number of aromatic nitrogens is 2. The molecule has 136 valence electrons. The Morgan fingerprint density at radius 1 is 1.24 bits per heavy atom. The van der Waals surface area contributed by atoms with Gasteiger partial charge in [-0.25, -0.2) is 0 Å². The lowest BCUT2D eigenvalue weighted by Crippen LogP contribution is -2.45. The smallest absolute Gasteiger partial charge is 0.0644 e. The van der Waals surface area contributed by atoms with Crippen molar-refractivity contribution in [2.45, 2.75) is 52.4 Å². The summed E-state index contributed by atoms with van der Waals surface area (Å²) in [6.07, 6.45) is 2.47. The van der Waals surface area contributed by atoms with Crippen LogP contribution in [0.5, 0.6) is 0 Å². The third-order valence-corrected chi connectivity index (χ3v) is 5.17. The van der Waals surface area contributed by atoms with Crippen LogP contribution in [0, 0.1) is 13.8 Å². The standard InChI is InChI=1S/C20H30N4O/c1-16-20(17(2)24(22-16)11-12-25)13-21-19-9-6-10-23(15-19)14-18-7-4-3-5-8-18/h3-5,7-8,19,21,25H,6,9-15H2,1-2H3. The van der Waals surface area contributed by atoms with Gasteiger partial charge in [0.2, 0.25) is 0 Å². The molecule has 1 aromatic heterocycles. The highest BCUT2D eigenvalue weighted by Crippen LogP contribution is 2.16. The van der Waals surface area contributed by atoms with Crippen molar-refractivity contribution in [1.29, 1.82) is 0 Å². The van der Waals surface area contributed by atoms with Gasteiger partial charge in [-0.15, -0.1) is 0 Å². The van der Waals surface area contributed by atoms with Crippen molar-refractivity contribution < 1.29 is 5.11 Å². The fourth-order valence-corrected chi connectivity index (χ4v) is 3.76. The molecular formula is C20H30N4O. The van der Waals surface area contributed by atoms with Crippen LogP contribution in [0.2, 0.25) is 0 Å². The molecule has 0 spiro atoms. The van der Waals surface area contributed by atoms with E-state index in [9.17, 15) is 0 Å². The Labute approximate surface area is 150 Å². The van der Waals surface area contributed by atoms with Gasteiger partial charge in [-0.05, 0) is 38.8 Å². The molecule has 0 amide bonds. The van der Waals surface area contributed by atoms with Crippen LogP contribution in [0.4, 0.5) is 0 Å². The monoisotopic (exact) mass is 342 g/mol. The average molecular weight is 342 g/mol. The summed E-state index contributed by atoms with van der Waals surface area (Å²) >= 11 is 0. The van der Waals surface area contributed by atoms with Gasteiger partial charge in [-0.3, -0.25) is 9.58 Å². The predicted octanol–water partition coefficient (Wildman–Crippen LogP) is 2.25. The van der Waals surface area contributed by atoms with Crippen LogP contribution < -0.4 is 5.32 Å². The molecule has 25 heavy (non-hydrogen) atoms. The van der Waals surface area contributed by atoms with E-state index in [1.807, 2.05) is 4.68 Å². The zero-order valence-corrected chi connectivity index (χ0v) is 15.4. The largest absolute Gasteiger partial charge is 0.394 e. The summed E-state index contributed by atoms with van der Waals surface area (Å²) in [6.45, 7) is 9.01. The first-order valence-corrected chi connectivity index (χ1v) is 9.30. The number of rotatable bonds is 7. The number of piperidine rings is 1. The van der Waals surface area contributed by atoms with E-state index < -0.39 is 0 Å². The molecule has 0 bridgehead atoms. The molecule has 0 radical (unpaired) electrons.